The van der Waals surface area contributed by atoms with Gasteiger partial charge in [0.05, 0.1) is 18.9 Å². The highest BCUT2D eigenvalue weighted by molar-refractivity contribution is 5.41. The Morgan fingerprint density at radius 3 is 2.80 bits per heavy atom. The molecule has 0 saturated carbocycles. The average Bonchev–Trinajstić information content (AvgIpc) is 2.43. The van der Waals surface area contributed by atoms with Crippen LogP contribution in [0.2, 0.25) is 0 Å². The molecule has 20 heavy (non-hydrogen) atoms. The molecule has 5 heteroatoms. The highest BCUT2D eigenvalue weighted by atomic mass is 16.5. The van der Waals surface area contributed by atoms with E-state index in [0.717, 1.165) is 35.5 Å². The van der Waals surface area contributed by atoms with E-state index in [2.05, 4.69) is 9.88 Å². The Kier molecular flexibility index (Phi) is 4.96. The van der Waals surface area contributed by atoms with Crippen LogP contribution in [-0.4, -0.2) is 53.0 Å². The number of aliphatic hydroxyl groups is 2. The first kappa shape index (κ1) is 15.2. The summed E-state index contributed by atoms with van der Waals surface area (Å²) in [4.78, 5) is 6.67. The standard InChI is InChI=1S/C15H24N2O3/c1-10-6-16-13(11(2)15(10)20-3)7-17-5-4-12(9-18)14(19)8-17/h6,12,14,18-19H,4-5,7-9H2,1-3H3/t12-,14-/m1/s1. The van der Waals surface area contributed by atoms with Crippen molar-refractivity contribution in [3.05, 3.63) is 23.0 Å². The summed E-state index contributed by atoms with van der Waals surface area (Å²) in [6.07, 6.45) is 2.19. The maximum atomic E-state index is 9.98. The van der Waals surface area contributed by atoms with E-state index in [-0.39, 0.29) is 12.5 Å². The van der Waals surface area contributed by atoms with E-state index in [0.29, 0.717) is 13.1 Å². The van der Waals surface area contributed by atoms with E-state index in [1.54, 1.807) is 7.11 Å². The minimum Gasteiger partial charge on any atom is -0.496 e. The number of piperidine rings is 1. The number of methoxy groups -OCH3 is 1. The number of aromatic nitrogens is 1. The van der Waals surface area contributed by atoms with Crippen LogP contribution < -0.4 is 4.74 Å². The summed E-state index contributed by atoms with van der Waals surface area (Å²) < 4.78 is 5.42. The Labute approximate surface area is 120 Å². The topological polar surface area (TPSA) is 65.8 Å². The van der Waals surface area contributed by atoms with Gasteiger partial charge in [0.1, 0.15) is 5.75 Å². The molecule has 2 rings (SSSR count). The largest absolute Gasteiger partial charge is 0.496 e. The average molecular weight is 280 g/mol. The second-order valence-corrected chi connectivity index (χ2v) is 5.58. The third-order valence-electron chi connectivity index (χ3n) is 4.16. The molecule has 1 aliphatic rings. The Hall–Kier alpha value is -1.17. The molecular formula is C15H24N2O3. The molecule has 2 heterocycles. The Balaban J connectivity index is 2.08. The van der Waals surface area contributed by atoms with Gasteiger partial charge >= 0.3 is 0 Å². The summed E-state index contributed by atoms with van der Waals surface area (Å²) >= 11 is 0. The fourth-order valence-corrected chi connectivity index (χ4v) is 2.84. The summed E-state index contributed by atoms with van der Waals surface area (Å²) in [5.41, 5.74) is 3.08. The molecule has 0 aromatic carbocycles. The van der Waals surface area contributed by atoms with Crippen molar-refractivity contribution in [1.82, 2.24) is 9.88 Å². The van der Waals surface area contributed by atoms with Gasteiger partial charge in [-0.3, -0.25) is 9.88 Å². The van der Waals surface area contributed by atoms with Gasteiger partial charge in [-0.05, 0) is 26.8 Å². The van der Waals surface area contributed by atoms with Crippen LogP contribution in [0.1, 0.15) is 23.2 Å². The van der Waals surface area contributed by atoms with E-state index < -0.39 is 6.10 Å². The number of hydrogen-bond donors (Lipinski definition) is 2. The molecule has 1 fully saturated rings. The van der Waals surface area contributed by atoms with Gasteiger partial charge in [-0.15, -0.1) is 0 Å². The highest BCUT2D eigenvalue weighted by Crippen LogP contribution is 2.26. The van der Waals surface area contributed by atoms with E-state index in [1.165, 1.54) is 0 Å². The van der Waals surface area contributed by atoms with Crippen molar-refractivity contribution in [1.29, 1.82) is 0 Å². The van der Waals surface area contributed by atoms with Gasteiger partial charge in [0.25, 0.3) is 0 Å². The molecule has 5 nitrogen and oxygen atoms in total. The third-order valence-corrected chi connectivity index (χ3v) is 4.16. The van der Waals surface area contributed by atoms with Crippen molar-refractivity contribution in [2.75, 3.05) is 26.8 Å². The molecule has 0 bridgehead atoms. The number of hydrogen-bond acceptors (Lipinski definition) is 5. The SMILES string of the molecule is COc1c(C)cnc(CN2CC[C@H](CO)[C@H](O)C2)c1C. The molecule has 0 aliphatic carbocycles. The number of aryl methyl sites for hydroxylation is 1. The number of aliphatic hydroxyl groups excluding tert-OH is 2. The maximum Gasteiger partial charge on any atom is 0.128 e. The van der Waals surface area contributed by atoms with Crippen molar-refractivity contribution in [2.45, 2.75) is 32.9 Å². The zero-order valence-corrected chi connectivity index (χ0v) is 12.5. The second kappa shape index (κ2) is 6.52. The number of likely N-dealkylation sites (tertiary alicyclic amines) is 1. The van der Waals surface area contributed by atoms with Gasteiger partial charge in [0, 0.05) is 42.9 Å². The number of pyridine rings is 1. The lowest BCUT2D eigenvalue weighted by atomic mass is 9.94. The van der Waals surface area contributed by atoms with Crippen LogP contribution in [0.5, 0.6) is 5.75 Å². The summed E-state index contributed by atoms with van der Waals surface area (Å²) in [7, 11) is 1.68. The van der Waals surface area contributed by atoms with Crippen LogP contribution in [-0.2, 0) is 6.54 Å². The van der Waals surface area contributed by atoms with Crippen LogP contribution in [0.25, 0.3) is 0 Å². The maximum absolute atomic E-state index is 9.98. The number of nitrogens with zero attached hydrogens (tertiary/aromatic N) is 2. The van der Waals surface area contributed by atoms with Crippen molar-refractivity contribution >= 4 is 0 Å². The number of β-amino-alcohol motifs (C(OH)–C–C–N with tert-alkyl or cyclic N) is 1. The van der Waals surface area contributed by atoms with Crippen molar-refractivity contribution in [2.24, 2.45) is 5.92 Å². The first-order valence-electron chi connectivity index (χ1n) is 7.07. The van der Waals surface area contributed by atoms with E-state index in [1.807, 2.05) is 20.0 Å². The summed E-state index contributed by atoms with van der Waals surface area (Å²) in [5, 5.41) is 19.2. The van der Waals surface area contributed by atoms with Gasteiger partial charge in [-0.25, -0.2) is 0 Å². The molecule has 112 valence electrons. The highest BCUT2D eigenvalue weighted by Gasteiger charge is 2.27. The minimum atomic E-state index is -0.457. The zero-order chi connectivity index (χ0) is 14.7. The van der Waals surface area contributed by atoms with Crippen molar-refractivity contribution in [3.8, 4) is 5.75 Å². The molecule has 0 amide bonds. The lowest BCUT2D eigenvalue weighted by Crippen LogP contribution is -2.44. The predicted molar refractivity (Wildman–Crippen MR) is 76.7 cm³/mol. The molecule has 1 saturated heterocycles. The molecule has 1 aromatic heterocycles. The zero-order valence-electron chi connectivity index (χ0n) is 12.5. The molecule has 0 radical (unpaired) electrons. The van der Waals surface area contributed by atoms with E-state index in [4.69, 9.17) is 4.74 Å². The van der Waals surface area contributed by atoms with Crippen LogP contribution in [0.4, 0.5) is 0 Å². The smallest absolute Gasteiger partial charge is 0.128 e. The first-order chi connectivity index (χ1) is 9.56. The summed E-state index contributed by atoms with van der Waals surface area (Å²) in [6, 6.07) is 0. The van der Waals surface area contributed by atoms with Crippen LogP contribution >= 0.6 is 0 Å². The summed E-state index contributed by atoms with van der Waals surface area (Å²) in [5.74, 6) is 0.897. The Morgan fingerprint density at radius 1 is 1.45 bits per heavy atom. The lowest BCUT2D eigenvalue weighted by molar-refractivity contribution is -0.00486. The van der Waals surface area contributed by atoms with Crippen molar-refractivity contribution < 1.29 is 14.9 Å². The molecule has 0 unspecified atom stereocenters. The van der Waals surface area contributed by atoms with Crippen LogP contribution in [0.15, 0.2) is 6.20 Å². The molecule has 2 N–H and O–H groups in total. The molecule has 0 spiro atoms. The van der Waals surface area contributed by atoms with Gasteiger partial charge in [0.2, 0.25) is 0 Å². The van der Waals surface area contributed by atoms with Crippen LogP contribution in [0, 0.1) is 19.8 Å². The van der Waals surface area contributed by atoms with Gasteiger partial charge in [-0.1, -0.05) is 0 Å². The fraction of sp³-hybridized carbons (Fsp3) is 0.667. The molecular weight excluding hydrogens is 256 g/mol. The molecule has 2 atom stereocenters. The van der Waals surface area contributed by atoms with Crippen molar-refractivity contribution in [3.63, 3.8) is 0 Å². The lowest BCUT2D eigenvalue weighted by Gasteiger charge is -2.35. The van der Waals surface area contributed by atoms with Gasteiger partial charge in [-0.2, -0.15) is 0 Å². The predicted octanol–water partition coefficient (Wildman–Crippen LogP) is 0.882. The minimum absolute atomic E-state index is 0.00728. The second-order valence-electron chi connectivity index (χ2n) is 5.58. The van der Waals surface area contributed by atoms with Gasteiger partial charge in [0.15, 0.2) is 0 Å². The van der Waals surface area contributed by atoms with Gasteiger partial charge < -0.3 is 14.9 Å². The third kappa shape index (κ3) is 3.11. The molecule has 1 aliphatic heterocycles. The number of ether oxygens (including phenoxy) is 1. The Morgan fingerprint density at radius 2 is 2.20 bits per heavy atom. The fourth-order valence-electron chi connectivity index (χ4n) is 2.84. The van der Waals surface area contributed by atoms with E-state index >= 15 is 0 Å². The first-order valence-corrected chi connectivity index (χ1v) is 7.07. The molecule has 1 aromatic rings. The summed E-state index contributed by atoms with van der Waals surface area (Å²) in [6.45, 7) is 6.23. The van der Waals surface area contributed by atoms with E-state index in [9.17, 15) is 10.2 Å². The Bertz CT molecular complexity index is 465. The van der Waals surface area contributed by atoms with Crippen LogP contribution in [0.3, 0.4) is 0 Å². The quantitative estimate of drug-likeness (QED) is 0.857. The number of rotatable bonds is 4. The normalized spacial score (nSPS) is 23.9. The monoisotopic (exact) mass is 280 g/mol.